The lowest BCUT2D eigenvalue weighted by atomic mass is 10.4. The molecule has 0 saturated heterocycles. The second-order valence-electron chi connectivity index (χ2n) is 3.92. The van der Waals surface area contributed by atoms with Gasteiger partial charge in [0.25, 0.3) is 0 Å². The van der Waals surface area contributed by atoms with Crippen LogP contribution in [0.5, 0.6) is 0 Å². The number of aromatic nitrogens is 3. The van der Waals surface area contributed by atoms with E-state index in [4.69, 9.17) is 4.42 Å². The molecule has 2 rings (SSSR count). The first kappa shape index (κ1) is 13.0. The van der Waals surface area contributed by atoms with E-state index >= 15 is 0 Å². The lowest BCUT2D eigenvalue weighted by molar-refractivity contribution is 0.486. The van der Waals surface area contributed by atoms with Crippen molar-refractivity contribution < 1.29 is 4.42 Å². The molecule has 18 heavy (non-hydrogen) atoms. The van der Waals surface area contributed by atoms with Crippen molar-refractivity contribution in [1.29, 1.82) is 0 Å². The van der Waals surface area contributed by atoms with E-state index in [0.717, 1.165) is 11.4 Å². The Bertz CT molecular complexity index is 495. The molecule has 6 nitrogen and oxygen atoms in total. The second kappa shape index (κ2) is 5.92. The maximum atomic E-state index is 5.43. The van der Waals surface area contributed by atoms with Gasteiger partial charge in [-0.1, -0.05) is 12.0 Å². The van der Waals surface area contributed by atoms with Gasteiger partial charge in [0.1, 0.15) is 5.01 Å². The lowest BCUT2D eigenvalue weighted by Crippen LogP contribution is -2.06. The van der Waals surface area contributed by atoms with Gasteiger partial charge in [0.15, 0.2) is 0 Å². The van der Waals surface area contributed by atoms with Gasteiger partial charge in [0.2, 0.25) is 5.89 Å². The minimum absolute atomic E-state index is 0.0678. The van der Waals surface area contributed by atoms with Gasteiger partial charge in [-0.15, -0.1) is 16.4 Å². The Morgan fingerprint density at radius 1 is 1.44 bits per heavy atom. The molecule has 2 aromatic heterocycles. The molecule has 1 unspecified atom stereocenters. The number of thiazole rings is 1. The predicted octanol–water partition coefficient (Wildman–Crippen LogP) is 1.98. The Morgan fingerprint density at radius 3 is 2.94 bits per heavy atom. The molecule has 0 saturated carbocycles. The molecule has 2 aromatic rings. The van der Waals surface area contributed by atoms with Gasteiger partial charge in [0, 0.05) is 11.1 Å². The summed E-state index contributed by atoms with van der Waals surface area (Å²) in [5.74, 6) is 0.570. The van der Waals surface area contributed by atoms with E-state index in [9.17, 15) is 0 Å². The standard InChI is InChI=1S/C11H17N5OS/c1-4-8-5-13-10(18-8)7(2)14-11-16-15-9(17-11)6-12-3/h5,7,12H,4,6H2,1-3H3,(H,14,16). The van der Waals surface area contributed by atoms with E-state index in [1.54, 1.807) is 11.3 Å². The zero-order valence-corrected chi connectivity index (χ0v) is 11.5. The Hall–Kier alpha value is -1.47. The number of anilines is 1. The monoisotopic (exact) mass is 267 g/mol. The average Bonchev–Trinajstić information content (AvgIpc) is 2.98. The lowest BCUT2D eigenvalue weighted by Gasteiger charge is -2.07. The minimum atomic E-state index is 0.0678. The summed E-state index contributed by atoms with van der Waals surface area (Å²) < 4.78 is 5.43. The van der Waals surface area contributed by atoms with Crippen LogP contribution in [0.15, 0.2) is 10.6 Å². The molecule has 1 atom stereocenters. The first-order chi connectivity index (χ1) is 8.72. The minimum Gasteiger partial charge on any atom is -0.407 e. The normalized spacial score (nSPS) is 12.6. The molecular formula is C11H17N5OS. The highest BCUT2D eigenvalue weighted by Crippen LogP contribution is 2.23. The maximum Gasteiger partial charge on any atom is 0.316 e. The molecule has 0 aromatic carbocycles. The SMILES string of the molecule is CCc1cnc(C(C)Nc2nnc(CNC)o2)s1. The molecule has 2 heterocycles. The number of rotatable bonds is 6. The molecule has 98 valence electrons. The van der Waals surface area contributed by atoms with Gasteiger partial charge in [-0.3, -0.25) is 0 Å². The molecule has 0 aliphatic heterocycles. The Kier molecular flexibility index (Phi) is 4.27. The van der Waals surface area contributed by atoms with Gasteiger partial charge in [-0.25, -0.2) is 4.98 Å². The van der Waals surface area contributed by atoms with Gasteiger partial charge >= 0.3 is 6.01 Å². The zero-order chi connectivity index (χ0) is 13.0. The second-order valence-corrected chi connectivity index (χ2v) is 5.06. The van der Waals surface area contributed by atoms with Gasteiger partial charge in [-0.05, 0) is 20.4 Å². The molecule has 0 radical (unpaired) electrons. The Labute approximate surface area is 110 Å². The quantitative estimate of drug-likeness (QED) is 0.833. The molecule has 0 amide bonds. The molecule has 7 heteroatoms. The summed E-state index contributed by atoms with van der Waals surface area (Å²) in [6.45, 7) is 4.72. The summed E-state index contributed by atoms with van der Waals surface area (Å²) in [5, 5.41) is 15.0. The summed E-state index contributed by atoms with van der Waals surface area (Å²) in [7, 11) is 1.84. The summed E-state index contributed by atoms with van der Waals surface area (Å²) >= 11 is 1.70. The van der Waals surface area contributed by atoms with Crippen molar-refractivity contribution >= 4 is 17.4 Å². The highest BCUT2D eigenvalue weighted by Gasteiger charge is 2.13. The number of aryl methyl sites for hydroxylation is 1. The number of hydrogen-bond acceptors (Lipinski definition) is 7. The van der Waals surface area contributed by atoms with Crippen LogP contribution in [-0.2, 0) is 13.0 Å². The van der Waals surface area contributed by atoms with E-state index < -0.39 is 0 Å². The molecular weight excluding hydrogens is 250 g/mol. The fourth-order valence-electron chi connectivity index (χ4n) is 1.47. The van der Waals surface area contributed by atoms with Crippen LogP contribution in [0.3, 0.4) is 0 Å². The van der Waals surface area contributed by atoms with E-state index in [1.165, 1.54) is 4.88 Å². The third-order valence-electron chi connectivity index (χ3n) is 2.43. The first-order valence-corrected chi connectivity index (χ1v) is 6.72. The van der Waals surface area contributed by atoms with Crippen LogP contribution < -0.4 is 10.6 Å². The summed E-state index contributed by atoms with van der Waals surface area (Å²) in [5.41, 5.74) is 0. The van der Waals surface area contributed by atoms with Crippen LogP contribution in [0.4, 0.5) is 6.01 Å². The fraction of sp³-hybridized carbons (Fsp3) is 0.545. The number of hydrogen-bond donors (Lipinski definition) is 2. The molecule has 0 aliphatic carbocycles. The van der Waals surface area contributed by atoms with Crippen molar-refractivity contribution in [2.45, 2.75) is 32.9 Å². The van der Waals surface area contributed by atoms with Crippen LogP contribution >= 0.6 is 11.3 Å². The van der Waals surface area contributed by atoms with Crippen molar-refractivity contribution in [3.63, 3.8) is 0 Å². The number of nitrogens with zero attached hydrogens (tertiary/aromatic N) is 3. The Morgan fingerprint density at radius 2 is 2.28 bits per heavy atom. The smallest absolute Gasteiger partial charge is 0.316 e. The molecule has 0 bridgehead atoms. The largest absolute Gasteiger partial charge is 0.407 e. The molecule has 2 N–H and O–H groups in total. The van der Waals surface area contributed by atoms with E-state index in [2.05, 4.69) is 32.7 Å². The van der Waals surface area contributed by atoms with Gasteiger partial charge in [-0.2, -0.15) is 0 Å². The maximum absolute atomic E-state index is 5.43. The molecule has 0 spiro atoms. The highest BCUT2D eigenvalue weighted by atomic mass is 32.1. The van der Waals surface area contributed by atoms with Crippen molar-refractivity contribution in [2.75, 3.05) is 12.4 Å². The van der Waals surface area contributed by atoms with Crippen LogP contribution in [0.1, 0.15) is 35.7 Å². The van der Waals surface area contributed by atoms with Crippen LogP contribution in [0.25, 0.3) is 0 Å². The zero-order valence-electron chi connectivity index (χ0n) is 10.7. The highest BCUT2D eigenvalue weighted by molar-refractivity contribution is 7.11. The predicted molar refractivity (Wildman–Crippen MR) is 70.6 cm³/mol. The Balaban J connectivity index is 1.99. The topological polar surface area (TPSA) is 75.9 Å². The van der Waals surface area contributed by atoms with Gasteiger partial charge < -0.3 is 15.1 Å². The van der Waals surface area contributed by atoms with Crippen molar-refractivity contribution in [3.8, 4) is 0 Å². The number of nitrogens with one attached hydrogen (secondary N) is 2. The molecule has 0 aliphatic rings. The van der Waals surface area contributed by atoms with Crippen LogP contribution in [0.2, 0.25) is 0 Å². The summed E-state index contributed by atoms with van der Waals surface area (Å²) in [6, 6.07) is 0.499. The average molecular weight is 267 g/mol. The van der Waals surface area contributed by atoms with Crippen molar-refractivity contribution in [2.24, 2.45) is 0 Å². The van der Waals surface area contributed by atoms with Crippen molar-refractivity contribution in [3.05, 3.63) is 22.0 Å². The summed E-state index contributed by atoms with van der Waals surface area (Å²) in [4.78, 5) is 5.66. The van der Waals surface area contributed by atoms with E-state index in [-0.39, 0.29) is 6.04 Å². The summed E-state index contributed by atoms with van der Waals surface area (Å²) in [6.07, 6.45) is 2.93. The molecule has 0 fully saturated rings. The van der Waals surface area contributed by atoms with Crippen molar-refractivity contribution in [1.82, 2.24) is 20.5 Å². The van der Waals surface area contributed by atoms with Gasteiger partial charge in [0.05, 0.1) is 12.6 Å². The van der Waals surface area contributed by atoms with Crippen LogP contribution in [0, 0.1) is 0 Å². The van der Waals surface area contributed by atoms with E-state index in [1.807, 2.05) is 20.2 Å². The first-order valence-electron chi connectivity index (χ1n) is 5.91. The third kappa shape index (κ3) is 3.05. The van der Waals surface area contributed by atoms with Crippen LogP contribution in [-0.4, -0.2) is 22.2 Å². The van der Waals surface area contributed by atoms with E-state index in [0.29, 0.717) is 18.5 Å². The third-order valence-corrected chi connectivity index (χ3v) is 3.75. The fourth-order valence-corrected chi connectivity index (χ4v) is 2.33.